The van der Waals surface area contributed by atoms with Gasteiger partial charge in [0.25, 0.3) is 0 Å². The van der Waals surface area contributed by atoms with Gasteiger partial charge >= 0.3 is 6.18 Å². The average molecular weight is 370 g/mol. The molecule has 1 aliphatic carbocycles. The summed E-state index contributed by atoms with van der Waals surface area (Å²) < 4.78 is 53.3. The number of hydrogen-bond acceptors (Lipinski definition) is 2. The molecule has 0 radical (unpaired) electrons. The average Bonchev–Trinajstić information content (AvgIpc) is 3.37. The highest BCUT2D eigenvalue weighted by Gasteiger charge is 2.43. The second-order valence-electron chi connectivity index (χ2n) is 7.86. The third kappa shape index (κ3) is 3.59. The van der Waals surface area contributed by atoms with Gasteiger partial charge in [-0.15, -0.1) is 0 Å². The van der Waals surface area contributed by atoms with Crippen LogP contribution in [0, 0.1) is 17.7 Å². The van der Waals surface area contributed by atoms with Crippen molar-refractivity contribution in [2.75, 3.05) is 19.6 Å². The molecule has 0 aromatic heterocycles. The molecule has 3 aliphatic heterocycles. The van der Waals surface area contributed by atoms with E-state index < -0.39 is 17.6 Å². The fourth-order valence-corrected chi connectivity index (χ4v) is 4.29. The number of rotatable bonds is 4. The van der Waals surface area contributed by atoms with Crippen LogP contribution in [0.3, 0.4) is 0 Å². The molecule has 0 spiro atoms. The minimum Gasteiger partial charge on any atom is -0.338 e. The minimum atomic E-state index is -4.51. The molecule has 2 atom stereocenters. The zero-order valence-corrected chi connectivity index (χ0v) is 14.4. The van der Waals surface area contributed by atoms with E-state index in [9.17, 15) is 22.4 Å². The fourth-order valence-electron chi connectivity index (χ4n) is 4.29. The maximum absolute atomic E-state index is 13.6. The van der Waals surface area contributed by atoms with E-state index in [-0.39, 0.29) is 30.0 Å². The maximum Gasteiger partial charge on any atom is 0.416 e. The van der Waals surface area contributed by atoms with E-state index in [4.69, 9.17) is 0 Å². The van der Waals surface area contributed by atoms with Gasteiger partial charge in [-0.1, -0.05) is 0 Å². The summed E-state index contributed by atoms with van der Waals surface area (Å²) in [6.07, 6.45) is -0.515. The molecule has 1 aromatic carbocycles. The molecule has 5 rings (SSSR count). The van der Waals surface area contributed by atoms with Gasteiger partial charge in [0.1, 0.15) is 5.82 Å². The molecule has 3 saturated heterocycles. The first-order chi connectivity index (χ1) is 12.3. The molecule has 3 heterocycles. The van der Waals surface area contributed by atoms with Crippen LogP contribution in [0.2, 0.25) is 0 Å². The standard InChI is InChI=1S/C19H22F4N2O/c20-15-4-6-17(19(21,22)23)14(7-15)10-24-9-13-3-5-16(11-24)25(18(13)26)8-12-1-2-12/h4,6-7,12-13,16H,1-3,5,8-11H2/t13-,16+/m1/s1. The Kier molecular flexibility index (Phi) is 4.45. The molecule has 3 nitrogen and oxygen atoms in total. The molecule has 1 amide bonds. The van der Waals surface area contributed by atoms with Crippen LogP contribution >= 0.6 is 0 Å². The molecule has 2 bridgehead atoms. The number of piperidine rings is 1. The van der Waals surface area contributed by atoms with Gasteiger partial charge < -0.3 is 4.90 Å². The Bertz CT molecular complexity index is 701. The number of carbonyl (C=O) groups is 1. The Hall–Kier alpha value is -1.63. The third-order valence-electron chi connectivity index (χ3n) is 5.79. The SMILES string of the molecule is O=C1[C@@H]2CC[C@@H](CN(Cc3cc(F)ccc3C(F)(F)F)C2)N1CC1CC1. The zero-order chi connectivity index (χ0) is 18.5. The topological polar surface area (TPSA) is 23.6 Å². The number of hydrogen-bond donors (Lipinski definition) is 0. The second kappa shape index (κ2) is 6.51. The fraction of sp³-hybridized carbons (Fsp3) is 0.632. The molecular formula is C19H22F4N2O. The first kappa shape index (κ1) is 17.8. The van der Waals surface area contributed by atoms with Crippen molar-refractivity contribution in [1.82, 2.24) is 9.80 Å². The van der Waals surface area contributed by atoms with Crippen molar-refractivity contribution in [3.05, 3.63) is 35.1 Å². The third-order valence-corrected chi connectivity index (χ3v) is 5.79. The normalized spacial score (nSPS) is 27.1. The largest absolute Gasteiger partial charge is 0.416 e. The Labute approximate surface area is 150 Å². The minimum absolute atomic E-state index is 0.0180. The highest BCUT2D eigenvalue weighted by atomic mass is 19.4. The summed E-state index contributed by atoms with van der Waals surface area (Å²) in [6, 6.07) is 2.69. The first-order valence-electron chi connectivity index (χ1n) is 9.19. The monoisotopic (exact) mass is 370 g/mol. The van der Waals surface area contributed by atoms with Gasteiger partial charge in [0, 0.05) is 32.2 Å². The molecule has 7 heteroatoms. The quantitative estimate of drug-likeness (QED) is 0.755. The summed E-state index contributed by atoms with van der Waals surface area (Å²) in [4.78, 5) is 16.6. The highest BCUT2D eigenvalue weighted by molar-refractivity contribution is 5.80. The second-order valence-corrected chi connectivity index (χ2v) is 7.86. The maximum atomic E-state index is 13.6. The summed E-state index contributed by atoms with van der Waals surface area (Å²) in [5, 5.41) is 0. The summed E-state index contributed by atoms with van der Waals surface area (Å²) in [7, 11) is 0. The number of nitrogens with zero attached hydrogens (tertiary/aromatic N) is 2. The number of halogens is 4. The van der Waals surface area contributed by atoms with E-state index in [0.717, 1.165) is 50.4 Å². The highest BCUT2D eigenvalue weighted by Crippen LogP contribution is 2.37. The molecule has 1 aromatic rings. The molecular weight excluding hydrogens is 348 g/mol. The summed E-state index contributed by atoms with van der Waals surface area (Å²) in [6.45, 7) is 1.80. The Morgan fingerprint density at radius 1 is 1.08 bits per heavy atom. The number of carbonyl (C=O) groups excluding carboxylic acids is 1. The van der Waals surface area contributed by atoms with Gasteiger partial charge in [-0.05, 0) is 55.4 Å². The molecule has 4 aliphatic rings. The van der Waals surface area contributed by atoms with Crippen molar-refractivity contribution in [1.29, 1.82) is 0 Å². The molecule has 0 unspecified atom stereocenters. The zero-order valence-electron chi connectivity index (χ0n) is 14.4. The Morgan fingerprint density at radius 2 is 1.85 bits per heavy atom. The van der Waals surface area contributed by atoms with Crippen molar-refractivity contribution < 1.29 is 22.4 Å². The predicted octanol–water partition coefficient (Wildman–Crippen LogP) is 3.68. The molecule has 142 valence electrons. The van der Waals surface area contributed by atoms with Crippen LogP contribution in [0.15, 0.2) is 18.2 Å². The lowest BCUT2D eigenvalue weighted by atomic mass is 9.94. The van der Waals surface area contributed by atoms with Crippen molar-refractivity contribution in [2.24, 2.45) is 11.8 Å². The van der Waals surface area contributed by atoms with Gasteiger partial charge in [-0.25, -0.2) is 4.39 Å². The molecule has 26 heavy (non-hydrogen) atoms. The summed E-state index contributed by atoms with van der Waals surface area (Å²) >= 11 is 0. The number of amides is 1. The van der Waals surface area contributed by atoms with E-state index in [2.05, 4.69) is 0 Å². The molecule has 0 N–H and O–H groups in total. The van der Waals surface area contributed by atoms with Crippen molar-refractivity contribution >= 4 is 5.91 Å². The van der Waals surface area contributed by atoms with E-state index in [1.807, 2.05) is 9.80 Å². The molecule has 1 saturated carbocycles. The summed E-state index contributed by atoms with van der Waals surface area (Å²) in [5.74, 6) is -0.0923. The number of alkyl halides is 3. The van der Waals surface area contributed by atoms with Crippen LogP contribution < -0.4 is 0 Å². The lowest BCUT2D eigenvalue weighted by Gasteiger charge is -2.36. The molecule has 4 fully saturated rings. The van der Waals surface area contributed by atoms with Crippen LogP contribution in [-0.2, 0) is 17.5 Å². The number of fused-ring (bicyclic) bond motifs is 4. The predicted molar refractivity (Wildman–Crippen MR) is 87.6 cm³/mol. The van der Waals surface area contributed by atoms with Gasteiger partial charge in [-0.3, -0.25) is 9.69 Å². The van der Waals surface area contributed by atoms with E-state index in [0.29, 0.717) is 19.0 Å². The smallest absolute Gasteiger partial charge is 0.338 e. The summed E-state index contributed by atoms with van der Waals surface area (Å²) in [5.41, 5.74) is -0.850. The number of benzene rings is 1. The van der Waals surface area contributed by atoms with E-state index in [1.165, 1.54) is 0 Å². The Morgan fingerprint density at radius 3 is 2.54 bits per heavy atom. The van der Waals surface area contributed by atoms with Crippen LogP contribution in [-0.4, -0.2) is 41.4 Å². The van der Waals surface area contributed by atoms with Gasteiger partial charge in [0.15, 0.2) is 0 Å². The lowest BCUT2D eigenvalue weighted by molar-refractivity contribution is -0.140. The van der Waals surface area contributed by atoms with Crippen LogP contribution in [0.25, 0.3) is 0 Å². The van der Waals surface area contributed by atoms with Crippen molar-refractivity contribution in [3.8, 4) is 0 Å². The first-order valence-corrected chi connectivity index (χ1v) is 9.19. The van der Waals surface area contributed by atoms with E-state index in [1.54, 1.807) is 0 Å². The van der Waals surface area contributed by atoms with Crippen molar-refractivity contribution in [3.63, 3.8) is 0 Å². The van der Waals surface area contributed by atoms with Gasteiger partial charge in [0.2, 0.25) is 5.91 Å². The van der Waals surface area contributed by atoms with Gasteiger partial charge in [0.05, 0.1) is 11.5 Å². The van der Waals surface area contributed by atoms with Gasteiger partial charge in [-0.2, -0.15) is 13.2 Å². The van der Waals surface area contributed by atoms with Crippen LogP contribution in [0.1, 0.15) is 36.8 Å². The van der Waals surface area contributed by atoms with Crippen LogP contribution in [0.4, 0.5) is 17.6 Å². The Balaban J connectivity index is 1.55. The van der Waals surface area contributed by atoms with Crippen LogP contribution in [0.5, 0.6) is 0 Å². The van der Waals surface area contributed by atoms with Crippen molar-refractivity contribution in [2.45, 2.75) is 44.4 Å². The lowest BCUT2D eigenvalue weighted by Crippen LogP contribution is -2.48. The van der Waals surface area contributed by atoms with E-state index >= 15 is 0 Å².